The highest BCUT2D eigenvalue weighted by molar-refractivity contribution is 7.89. The van der Waals surface area contributed by atoms with Gasteiger partial charge in [0.15, 0.2) is 5.03 Å². The second-order valence-electron chi connectivity index (χ2n) is 4.96. The van der Waals surface area contributed by atoms with Crippen LogP contribution in [0.25, 0.3) is 0 Å². The fourth-order valence-electron chi connectivity index (χ4n) is 2.20. The Morgan fingerprint density at radius 3 is 2.53 bits per heavy atom. The van der Waals surface area contributed by atoms with Gasteiger partial charge in [-0.1, -0.05) is 40.0 Å². The molecule has 0 saturated carbocycles. The Kier molecular flexibility index (Phi) is 6.00. The molecular formula is C13H25N3O2S. The van der Waals surface area contributed by atoms with Crippen molar-refractivity contribution in [3.05, 3.63) is 12.0 Å². The van der Waals surface area contributed by atoms with Gasteiger partial charge in [0.2, 0.25) is 0 Å². The smallest absolute Gasteiger partial charge is 0.257 e. The normalized spacial score (nSPS) is 13.7. The average molecular weight is 287 g/mol. The molecule has 0 bridgehead atoms. The van der Waals surface area contributed by atoms with Crippen molar-refractivity contribution in [2.24, 2.45) is 11.1 Å². The van der Waals surface area contributed by atoms with Crippen molar-refractivity contribution in [3.63, 3.8) is 0 Å². The summed E-state index contributed by atoms with van der Waals surface area (Å²) in [5, 5.41) is 5.11. The number of nitrogens with zero attached hydrogens (tertiary/aromatic N) is 2. The third-order valence-electron chi connectivity index (χ3n) is 3.44. The molecule has 0 spiro atoms. The van der Waals surface area contributed by atoms with E-state index in [0.717, 1.165) is 18.8 Å². The number of imidazole rings is 1. The van der Waals surface area contributed by atoms with E-state index in [2.05, 4.69) is 18.8 Å². The summed E-state index contributed by atoms with van der Waals surface area (Å²) in [6, 6.07) is 0. The van der Waals surface area contributed by atoms with Gasteiger partial charge in [0.05, 0.1) is 0 Å². The van der Waals surface area contributed by atoms with E-state index >= 15 is 0 Å². The minimum atomic E-state index is -3.71. The number of primary sulfonamides is 1. The standard InChI is InChI=1S/C13H25N3O2S/c1-4-7-8-11(5-2)9-16-10-13(19(14,17)18)15-12(16)6-3/h10-11H,4-9H2,1-3H3,(H2,14,17,18). The van der Waals surface area contributed by atoms with E-state index in [4.69, 9.17) is 5.14 Å². The molecule has 1 aromatic heterocycles. The van der Waals surface area contributed by atoms with Crippen molar-refractivity contribution in [1.82, 2.24) is 9.55 Å². The number of unbranched alkanes of at least 4 members (excludes halogenated alkanes) is 1. The highest BCUT2D eigenvalue weighted by Gasteiger charge is 2.17. The topological polar surface area (TPSA) is 78.0 Å². The van der Waals surface area contributed by atoms with Gasteiger partial charge in [0.1, 0.15) is 5.82 Å². The van der Waals surface area contributed by atoms with E-state index in [-0.39, 0.29) is 5.03 Å². The van der Waals surface area contributed by atoms with Crippen molar-refractivity contribution in [1.29, 1.82) is 0 Å². The van der Waals surface area contributed by atoms with Crippen LogP contribution in [-0.4, -0.2) is 18.0 Å². The van der Waals surface area contributed by atoms with E-state index < -0.39 is 10.0 Å². The molecule has 0 amide bonds. The maximum absolute atomic E-state index is 11.3. The zero-order valence-electron chi connectivity index (χ0n) is 12.1. The largest absolute Gasteiger partial charge is 0.333 e. The summed E-state index contributed by atoms with van der Waals surface area (Å²) < 4.78 is 24.6. The van der Waals surface area contributed by atoms with Crippen LogP contribution in [-0.2, 0) is 23.0 Å². The minimum Gasteiger partial charge on any atom is -0.333 e. The van der Waals surface area contributed by atoms with Gasteiger partial charge in [-0.3, -0.25) is 0 Å². The van der Waals surface area contributed by atoms with Crippen LogP contribution in [0.2, 0.25) is 0 Å². The number of aryl methyl sites for hydroxylation is 1. The van der Waals surface area contributed by atoms with Gasteiger partial charge in [-0.05, 0) is 12.3 Å². The molecule has 0 radical (unpaired) electrons. The summed E-state index contributed by atoms with van der Waals surface area (Å²) in [4.78, 5) is 4.12. The lowest BCUT2D eigenvalue weighted by atomic mass is 9.99. The molecule has 0 aromatic carbocycles. The molecule has 110 valence electrons. The molecule has 0 aliphatic rings. The lowest BCUT2D eigenvalue weighted by molar-refractivity contribution is 0.385. The quantitative estimate of drug-likeness (QED) is 0.797. The number of aromatic nitrogens is 2. The highest BCUT2D eigenvalue weighted by atomic mass is 32.2. The molecule has 0 fully saturated rings. The van der Waals surface area contributed by atoms with Gasteiger partial charge in [0, 0.05) is 19.2 Å². The lowest BCUT2D eigenvalue weighted by Gasteiger charge is -2.16. The predicted octanol–water partition coefficient (Wildman–Crippen LogP) is 2.31. The first-order valence-corrected chi connectivity index (χ1v) is 8.55. The molecule has 0 saturated heterocycles. The zero-order chi connectivity index (χ0) is 14.5. The Labute approximate surface area is 116 Å². The monoisotopic (exact) mass is 287 g/mol. The van der Waals surface area contributed by atoms with Crippen LogP contribution in [0.3, 0.4) is 0 Å². The molecule has 0 aliphatic carbocycles. The maximum Gasteiger partial charge on any atom is 0.257 e. The van der Waals surface area contributed by atoms with Gasteiger partial charge in [-0.15, -0.1) is 0 Å². The van der Waals surface area contributed by atoms with Crippen molar-refractivity contribution in [2.75, 3.05) is 0 Å². The summed E-state index contributed by atoms with van der Waals surface area (Å²) in [7, 11) is -3.71. The lowest BCUT2D eigenvalue weighted by Crippen LogP contribution is -2.13. The third kappa shape index (κ3) is 4.62. The third-order valence-corrected chi connectivity index (χ3v) is 4.22. The molecule has 1 unspecified atom stereocenters. The molecule has 1 atom stereocenters. The fourth-order valence-corrected chi connectivity index (χ4v) is 2.71. The summed E-state index contributed by atoms with van der Waals surface area (Å²) in [6.07, 6.45) is 6.92. The van der Waals surface area contributed by atoms with Crippen LogP contribution < -0.4 is 5.14 Å². The Hall–Kier alpha value is -0.880. The second kappa shape index (κ2) is 7.05. The van der Waals surface area contributed by atoms with Crippen LogP contribution in [0.15, 0.2) is 11.2 Å². The first kappa shape index (κ1) is 16.2. The summed E-state index contributed by atoms with van der Waals surface area (Å²) >= 11 is 0. The summed E-state index contributed by atoms with van der Waals surface area (Å²) in [6.45, 7) is 7.14. The number of hydrogen-bond donors (Lipinski definition) is 1. The molecule has 5 nitrogen and oxygen atoms in total. The predicted molar refractivity (Wildman–Crippen MR) is 76.3 cm³/mol. The number of sulfonamides is 1. The Morgan fingerprint density at radius 1 is 1.37 bits per heavy atom. The summed E-state index contributed by atoms with van der Waals surface area (Å²) in [5.41, 5.74) is 0. The van der Waals surface area contributed by atoms with Crippen LogP contribution in [0.4, 0.5) is 0 Å². The number of nitrogens with two attached hydrogens (primary N) is 1. The van der Waals surface area contributed by atoms with E-state index in [1.165, 1.54) is 19.3 Å². The maximum atomic E-state index is 11.3. The van der Waals surface area contributed by atoms with Crippen LogP contribution in [0.5, 0.6) is 0 Å². The molecule has 19 heavy (non-hydrogen) atoms. The van der Waals surface area contributed by atoms with Gasteiger partial charge in [0.25, 0.3) is 10.0 Å². The van der Waals surface area contributed by atoms with Gasteiger partial charge in [-0.25, -0.2) is 18.5 Å². The highest BCUT2D eigenvalue weighted by Crippen LogP contribution is 2.18. The Bertz CT molecular complexity index is 494. The molecule has 1 heterocycles. The average Bonchev–Trinajstić information content (AvgIpc) is 2.77. The molecule has 2 N–H and O–H groups in total. The first-order chi connectivity index (χ1) is 8.92. The molecular weight excluding hydrogens is 262 g/mol. The fraction of sp³-hybridized carbons (Fsp3) is 0.769. The van der Waals surface area contributed by atoms with Gasteiger partial charge in [-0.2, -0.15) is 0 Å². The Balaban J connectivity index is 2.90. The van der Waals surface area contributed by atoms with Crippen LogP contribution in [0, 0.1) is 5.92 Å². The van der Waals surface area contributed by atoms with E-state index in [1.807, 2.05) is 11.5 Å². The molecule has 1 rings (SSSR count). The minimum absolute atomic E-state index is 0.0188. The molecule has 6 heteroatoms. The molecule has 0 aliphatic heterocycles. The van der Waals surface area contributed by atoms with Gasteiger partial charge < -0.3 is 4.57 Å². The van der Waals surface area contributed by atoms with E-state index in [9.17, 15) is 8.42 Å². The van der Waals surface area contributed by atoms with E-state index in [1.54, 1.807) is 6.20 Å². The first-order valence-electron chi connectivity index (χ1n) is 7.01. The van der Waals surface area contributed by atoms with E-state index in [0.29, 0.717) is 12.3 Å². The Morgan fingerprint density at radius 2 is 2.05 bits per heavy atom. The van der Waals surface area contributed by atoms with Crippen LogP contribution >= 0.6 is 0 Å². The van der Waals surface area contributed by atoms with Crippen molar-refractivity contribution in [2.45, 2.75) is 64.4 Å². The van der Waals surface area contributed by atoms with Gasteiger partial charge >= 0.3 is 0 Å². The van der Waals surface area contributed by atoms with Crippen molar-refractivity contribution < 1.29 is 8.42 Å². The molecule has 1 aromatic rings. The zero-order valence-corrected chi connectivity index (χ0v) is 12.9. The number of hydrogen-bond acceptors (Lipinski definition) is 3. The number of rotatable bonds is 8. The van der Waals surface area contributed by atoms with Crippen molar-refractivity contribution in [3.8, 4) is 0 Å². The summed E-state index contributed by atoms with van der Waals surface area (Å²) in [5.74, 6) is 1.35. The van der Waals surface area contributed by atoms with Crippen LogP contribution in [0.1, 0.15) is 52.3 Å². The van der Waals surface area contributed by atoms with Crippen molar-refractivity contribution >= 4 is 10.0 Å². The SMILES string of the molecule is CCCCC(CC)Cn1cc(S(N)(=O)=O)nc1CC. The second-order valence-corrected chi connectivity index (χ2v) is 6.47.